The Bertz CT molecular complexity index is 1430. The van der Waals surface area contributed by atoms with Crippen LogP contribution in [0.2, 0.25) is 5.02 Å². The van der Waals surface area contributed by atoms with E-state index in [2.05, 4.69) is 34.9 Å². The van der Waals surface area contributed by atoms with E-state index in [-0.39, 0.29) is 6.10 Å². The molecule has 1 aromatic heterocycles. The molecule has 2 saturated heterocycles. The number of carboxylic acids is 1. The van der Waals surface area contributed by atoms with Crippen molar-refractivity contribution in [1.29, 1.82) is 0 Å². The first-order valence-corrected chi connectivity index (χ1v) is 16.5. The van der Waals surface area contributed by atoms with E-state index in [4.69, 9.17) is 30.8 Å². The van der Waals surface area contributed by atoms with E-state index in [0.29, 0.717) is 48.8 Å². The monoisotopic (exact) mass is 625 g/mol. The van der Waals surface area contributed by atoms with Crippen molar-refractivity contribution >= 4 is 34.0 Å². The summed E-state index contributed by atoms with van der Waals surface area (Å²) in [6.07, 6.45) is 3.45. The van der Waals surface area contributed by atoms with Gasteiger partial charge in [-0.3, -0.25) is 9.69 Å². The van der Waals surface area contributed by atoms with Crippen LogP contribution in [0, 0.1) is 5.92 Å². The molecule has 10 heteroatoms. The number of ether oxygens (including phenoxy) is 3. The molecule has 230 valence electrons. The van der Waals surface area contributed by atoms with Gasteiger partial charge in [-0.2, -0.15) is 0 Å². The Hall–Kier alpha value is -2.69. The molecule has 2 fully saturated rings. The number of hydrogen-bond donors (Lipinski definition) is 1. The van der Waals surface area contributed by atoms with Crippen molar-refractivity contribution in [1.82, 2.24) is 9.88 Å². The normalized spacial score (nSPS) is 23.5. The van der Waals surface area contributed by atoms with Gasteiger partial charge in [0.15, 0.2) is 5.13 Å². The van der Waals surface area contributed by atoms with E-state index in [1.54, 1.807) is 7.11 Å². The molecule has 8 nitrogen and oxygen atoms in total. The maximum atomic E-state index is 11.6. The van der Waals surface area contributed by atoms with E-state index in [1.807, 2.05) is 23.6 Å². The zero-order valence-electron chi connectivity index (χ0n) is 24.8. The lowest BCUT2D eigenvalue weighted by Gasteiger charge is -2.35. The number of aromatic nitrogens is 1. The number of halogens is 1. The van der Waals surface area contributed by atoms with Gasteiger partial charge < -0.3 is 24.2 Å². The molecule has 1 N–H and O–H groups in total. The molecule has 3 atom stereocenters. The van der Waals surface area contributed by atoms with E-state index in [1.165, 1.54) is 22.5 Å². The van der Waals surface area contributed by atoms with Crippen molar-refractivity contribution in [2.24, 2.45) is 5.92 Å². The van der Waals surface area contributed by atoms with Crippen molar-refractivity contribution in [2.75, 3.05) is 51.4 Å². The van der Waals surface area contributed by atoms with Crippen LogP contribution in [-0.2, 0) is 27.3 Å². The number of benzene rings is 2. The highest BCUT2D eigenvalue weighted by atomic mass is 35.5. The second kappa shape index (κ2) is 13.5. The highest BCUT2D eigenvalue weighted by Crippen LogP contribution is 2.39. The fourth-order valence-corrected chi connectivity index (χ4v) is 7.86. The Kier molecular flexibility index (Phi) is 9.54. The van der Waals surface area contributed by atoms with E-state index in [0.717, 1.165) is 67.5 Å². The fourth-order valence-electron chi connectivity index (χ4n) is 6.77. The minimum absolute atomic E-state index is 0.378. The molecule has 0 aliphatic carbocycles. The molecule has 0 amide bonds. The van der Waals surface area contributed by atoms with Crippen LogP contribution in [0.4, 0.5) is 5.13 Å². The number of rotatable bonds is 8. The summed E-state index contributed by atoms with van der Waals surface area (Å²) in [7, 11) is 1.57. The predicted molar refractivity (Wildman–Crippen MR) is 170 cm³/mol. The number of anilines is 1. The molecule has 6 rings (SSSR count). The molecule has 43 heavy (non-hydrogen) atoms. The van der Waals surface area contributed by atoms with Gasteiger partial charge >= 0.3 is 5.97 Å². The summed E-state index contributed by atoms with van der Waals surface area (Å²) in [5.74, 6) is -0.250. The second-order valence-corrected chi connectivity index (χ2v) is 13.1. The predicted octanol–water partition coefficient (Wildman–Crippen LogP) is 6.11. The maximum Gasteiger partial charge on any atom is 0.309 e. The quantitative estimate of drug-likeness (QED) is 0.321. The molecule has 4 heterocycles. The Labute approximate surface area is 262 Å². The molecule has 3 aliphatic heterocycles. The largest absolute Gasteiger partial charge is 0.487 e. The third-order valence-corrected chi connectivity index (χ3v) is 10.4. The van der Waals surface area contributed by atoms with Gasteiger partial charge in [-0.1, -0.05) is 42.8 Å². The maximum absolute atomic E-state index is 11.6. The van der Waals surface area contributed by atoms with Crippen LogP contribution in [0.25, 0.3) is 11.3 Å². The highest BCUT2D eigenvalue weighted by Gasteiger charge is 2.35. The lowest BCUT2D eigenvalue weighted by Crippen LogP contribution is -2.47. The van der Waals surface area contributed by atoms with Gasteiger partial charge in [0.25, 0.3) is 0 Å². The van der Waals surface area contributed by atoms with Gasteiger partial charge in [0.1, 0.15) is 12.4 Å². The standard InChI is InChI=1S/C33H40ClN3O5S/c1-21-17-36(24-10-14-41-15-11-24)12-8-23-7-6-22(16-27(21)23)19-42-31-25(4-3-5-28(31)34)29-20-43-33(35-29)37-13-9-26(32(38)39)30(18-37)40-2/h3-7,16,20-21,24,26,30H,8-15,17-19H2,1-2H3,(H,38,39)/t21-,26+,30-/m0/s1. The first-order chi connectivity index (χ1) is 20.9. The summed E-state index contributed by atoms with van der Waals surface area (Å²) in [6, 6.07) is 13.1. The summed E-state index contributed by atoms with van der Waals surface area (Å²) < 4.78 is 17.5. The molecule has 0 spiro atoms. The van der Waals surface area contributed by atoms with Crippen LogP contribution in [0.1, 0.15) is 48.8 Å². The number of carbonyl (C=O) groups is 1. The zero-order valence-corrected chi connectivity index (χ0v) is 26.4. The first-order valence-electron chi connectivity index (χ1n) is 15.2. The number of carboxylic acid groups (broad SMARTS) is 1. The fraction of sp³-hybridized carbons (Fsp3) is 0.515. The first kappa shape index (κ1) is 30.3. The third kappa shape index (κ3) is 6.71. The lowest BCUT2D eigenvalue weighted by atomic mass is 9.93. The minimum atomic E-state index is -0.812. The molecule has 0 unspecified atom stereocenters. The van der Waals surface area contributed by atoms with E-state index in [9.17, 15) is 9.90 Å². The Morgan fingerprint density at radius 2 is 2.00 bits per heavy atom. The van der Waals surface area contributed by atoms with Gasteiger partial charge in [0, 0.05) is 63.5 Å². The number of fused-ring (bicyclic) bond motifs is 1. The summed E-state index contributed by atoms with van der Waals surface area (Å²) in [4.78, 5) is 21.3. The highest BCUT2D eigenvalue weighted by molar-refractivity contribution is 7.14. The van der Waals surface area contributed by atoms with Gasteiger partial charge in [0.2, 0.25) is 0 Å². The van der Waals surface area contributed by atoms with Crippen LogP contribution < -0.4 is 9.64 Å². The van der Waals surface area contributed by atoms with Crippen LogP contribution in [0.5, 0.6) is 5.75 Å². The van der Waals surface area contributed by atoms with Gasteiger partial charge in [-0.15, -0.1) is 11.3 Å². The third-order valence-electron chi connectivity index (χ3n) is 9.19. The summed E-state index contributed by atoms with van der Waals surface area (Å²) >= 11 is 8.22. The number of piperidine rings is 1. The molecule has 2 aromatic carbocycles. The number of hydrogen-bond acceptors (Lipinski definition) is 8. The molecular formula is C33H40ClN3O5S. The van der Waals surface area contributed by atoms with Crippen LogP contribution in [-0.4, -0.2) is 79.6 Å². The number of aliphatic carboxylic acids is 1. The molecule has 3 aliphatic rings. The van der Waals surface area contributed by atoms with Crippen molar-refractivity contribution in [3.05, 3.63) is 63.5 Å². The van der Waals surface area contributed by atoms with Crippen molar-refractivity contribution < 1.29 is 24.1 Å². The Morgan fingerprint density at radius 1 is 1.16 bits per heavy atom. The SMILES string of the molecule is CO[C@H]1CN(c2nc(-c3cccc(Cl)c3OCc3ccc4c(c3)[C@@H](C)CN(C3CCOCC3)CC4)cs2)CC[C@H]1C(=O)O. The Balaban J connectivity index is 1.15. The number of nitrogens with zero attached hydrogens (tertiary/aromatic N) is 3. The summed E-state index contributed by atoms with van der Waals surface area (Å²) in [6.45, 7) is 7.77. The molecule has 0 saturated carbocycles. The zero-order chi connectivity index (χ0) is 29.9. The molecular weight excluding hydrogens is 586 g/mol. The molecule has 3 aromatic rings. The lowest BCUT2D eigenvalue weighted by molar-refractivity contribution is -0.147. The van der Waals surface area contributed by atoms with Crippen LogP contribution >= 0.6 is 22.9 Å². The number of methoxy groups -OCH3 is 1. The van der Waals surface area contributed by atoms with Gasteiger partial charge in [0.05, 0.1) is 22.7 Å². The number of para-hydroxylation sites is 1. The van der Waals surface area contributed by atoms with Crippen molar-refractivity contribution in [2.45, 2.75) is 57.3 Å². The van der Waals surface area contributed by atoms with Crippen LogP contribution in [0.15, 0.2) is 41.8 Å². The molecule has 0 radical (unpaired) electrons. The summed E-state index contributed by atoms with van der Waals surface area (Å²) in [5, 5.41) is 12.9. The van der Waals surface area contributed by atoms with E-state index >= 15 is 0 Å². The topological polar surface area (TPSA) is 84.4 Å². The van der Waals surface area contributed by atoms with Crippen molar-refractivity contribution in [3.63, 3.8) is 0 Å². The number of thiazole rings is 1. The summed E-state index contributed by atoms with van der Waals surface area (Å²) in [5.41, 5.74) is 5.61. The minimum Gasteiger partial charge on any atom is -0.487 e. The Morgan fingerprint density at radius 3 is 2.79 bits per heavy atom. The van der Waals surface area contributed by atoms with Crippen LogP contribution in [0.3, 0.4) is 0 Å². The van der Waals surface area contributed by atoms with Crippen molar-refractivity contribution in [3.8, 4) is 17.0 Å². The average molecular weight is 626 g/mol. The van der Waals surface area contributed by atoms with Gasteiger partial charge in [-0.25, -0.2) is 4.98 Å². The van der Waals surface area contributed by atoms with Gasteiger partial charge in [-0.05, 0) is 60.4 Å². The average Bonchev–Trinajstić information content (AvgIpc) is 3.46. The second-order valence-electron chi connectivity index (χ2n) is 11.9. The van der Waals surface area contributed by atoms with E-state index < -0.39 is 11.9 Å². The molecule has 0 bridgehead atoms. The smallest absolute Gasteiger partial charge is 0.309 e.